The van der Waals surface area contributed by atoms with Crippen LogP contribution in [0.5, 0.6) is 5.75 Å². The number of amides is 4. The first-order valence-electron chi connectivity index (χ1n) is 9.06. The van der Waals surface area contributed by atoms with Gasteiger partial charge in [-0.25, -0.2) is 4.79 Å². The lowest BCUT2D eigenvalue weighted by atomic mass is 9.87. The minimum atomic E-state index is -1.19. The van der Waals surface area contributed by atoms with E-state index in [0.717, 1.165) is 10.6 Å². The van der Waals surface area contributed by atoms with Crippen LogP contribution in [-0.2, 0) is 21.5 Å². The van der Waals surface area contributed by atoms with Gasteiger partial charge < -0.3 is 10.1 Å². The fourth-order valence-corrected chi connectivity index (χ4v) is 3.42. The lowest BCUT2D eigenvalue weighted by molar-refractivity contribution is -0.139. The molecule has 1 atom stereocenters. The Kier molecular flexibility index (Phi) is 5.35. The Morgan fingerprint density at radius 2 is 1.89 bits per heavy atom. The first-order valence-corrected chi connectivity index (χ1v) is 9.06. The number of imide groups is 1. The van der Waals surface area contributed by atoms with Gasteiger partial charge in [0, 0.05) is 5.56 Å². The molecule has 1 saturated heterocycles. The van der Waals surface area contributed by atoms with E-state index in [1.54, 1.807) is 30.3 Å². The van der Waals surface area contributed by atoms with Gasteiger partial charge in [-0.2, -0.15) is 5.01 Å². The lowest BCUT2D eigenvalue weighted by Crippen LogP contribution is -2.49. The van der Waals surface area contributed by atoms with Gasteiger partial charge in [0.05, 0.1) is 13.5 Å². The van der Waals surface area contributed by atoms with Crippen molar-refractivity contribution in [2.45, 2.75) is 32.2 Å². The molecule has 1 aliphatic heterocycles. The highest BCUT2D eigenvalue weighted by Crippen LogP contribution is 2.31. The summed E-state index contributed by atoms with van der Waals surface area (Å²) in [5, 5.41) is 3.50. The Balaban J connectivity index is 1.79. The van der Waals surface area contributed by atoms with Gasteiger partial charge >= 0.3 is 6.03 Å². The van der Waals surface area contributed by atoms with Crippen LogP contribution in [-0.4, -0.2) is 30.0 Å². The van der Waals surface area contributed by atoms with Gasteiger partial charge in [-0.05, 0) is 25.0 Å². The number of benzene rings is 2. The summed E-state index contributed by atoms with van der Waals surface area (Å²) in [4.78, 5) is 38.0. The van der Waals surface area contributed by atoms with Crippen LogP contribution in [0, 0.1) is 6.92 Å². The van der Waals surface area contributed by atoms with Crippen molar-refractivity contribution in [3.63, 3.8) is 0 Å². The predicted octanol–water partition coefficient (Wildman–Crippen LogP) is 2.43. The number of urea groups is 1. The highest BCUT2D eigenvalue weighted by atomic mass is 16.5. The molecule has 4 amide bonds. The molecular formula is C21H23N3O4. The van der Waals surface area contributed by atoms with Gasteiger partial charge in [0.2, 0.25) is 5.91 Å². The van der Waals surface area contributed by atoms with E-state index in [4.69, 9.17) is 4.74 Å². The van der Waals surface area contributed by atoms with E-state index in [0.29, 0.717) is 23.3 Å². The molecule has 1 aliphatic rings. The molecule has 0 unspecified atom stereocenters. The zero-order valence-corrected chi connectivity index (χ0v) is 16.1. The Morgan fingerprint density at radius 3 is 2.54 bits per heavy atom. The summed E-state index contributed by atoms with van der Waals surface area (Å²) in [6, 6.07) is 13.9. The van der Waals surface area contributed by atoms with Crippen molar-refractivity contribution in [1.82, 2.24) is 15.8 Å². The maximum absolute atomic E-state index is 13.0. The molecule has 2 N–H and O–H groups in total. The number of nitrogens with zero attached hydrogens (tertiary/aromatic N) is 1. The van der Waals surface area contributed by atoms with E-state index in [2.05, 4.69) is 10.7 Å². The van der Waals surface area contributed by atoms with E-state index >= 15 is 0 Å². The number of carbonyl (C=O) groups excluding carboxylic acids is 3. The van der Waals surface area contributed by atoms with Crippen molar-refractivity contribution in [1.29, 1.82) is 0 Å². The van der Waals surface area contributed by atoms with Gasteiger partial charge in [-0.1, -0.05) is 55.0 Å². The quantitative estimate of drug-likeness (QED) is 0.753. The molecule has 0 bridgehead atoms. The standard InChI is InChI=1S/C21H23N3O4/c1-4-21(16-8-6-5-7-9-16)19(26)24(20(27)22-21)23-18(25)13-15-12-14(2)10-11-17(15)28-3/h5-12H,4,13H2,1-3H3,(H,22,27)(H,23,25)/t21-/m1/s1. The van der Waals surface area contributed by atoms with Gasteiger partial charge in [0.25, 0.3) is 5.91 Å². The molecule has 0 saturated carbocycles. The lowest BCUT2D eigenvalue weighted by Gasteiger charge is -2.25. The van der Waals surface area contributed by atoms with Crippen LogP contribution in [0.1, 0.15) is 30.0 Å². The second-order valence-electron chi connectivity index (χ2n) is 6.72. The van der Waals surface area contributed by atoms with Crippen LogP contribution >= 0.6 is 0 Å². The Bertz CT molecular complexity index is 913. The number of hydrogen-bond donors (Lipinski definition) is 2. The molecule has 28 heavy (non-hydrogen) atoms. The van der Waals surface area contributed by atoms with E-state index < -0.39 is 23.4 Å². The maximum Gasteiger partial charge on any atom is 0.344 e. The maximum atomic E-state index is 13.0. The Labute approximate surface area is 163 Å². The third-order valence-corrected chi connectivity index (χ3v) is 4.91. The van der Waals surface area contributed by atoms with Crippen LogP contribution in [0.2, 0.25) is 0 Å². The molecule has 7 nitrogen and oxygen atoms in total. The van der Waals surface area contributed by atoms with Crippen LogP contribution < -0.4 is 15.5 Å². The number of rotatable bonds is 6. The average Bonchev–Trinajstić information content (AvgIpc) is 2.94. The molecule has 2 aromatic carbocycles. The van der Waals surface area contributed by atoms with Crippen molar-refractivity contribution in [2.75, 3.05) is 7.11 Å². The first kappa shape index (κ1) is 19.4. The summed E-state index contributed by atoms with van der Waals surface area (Å²) < 4.78 is 5.28. The summed E-state index contributed by atoms with van der Waals surface area (Å²) in [5.41, 5.74) is 3.58. The third-order valence-electron chi connectivity index (χ3n) is 4.91. The van der Waals surface area contributed by atoms with Crippen LogP contribution in [0.15, 0.2) is 48.5 Å². The smallest absolute Gasteiger partial charge is 0.344 e. The van der Waals surface area contributed by atoms with E-state index in [9.17, 15) is 14.4 Å². The van der Waals surface area contributed by atoms with E-state index in [1.165, 1.54) is 7.11 Å². The highest BCUT2D eigenvalue weighted by Gasteiger charge is 2.52. The molecule has 3 rings (SSSR count). The second kappa shape index (κ2) is 7.72. The molecular weight excluding hydrogens is 358 g/mol. The van der Waals surface area contributed by atoms with Gasteiger partial charge in [-0.3, -0.25) is 15.0 Å². The van der Waals surface area contributed by atoms with Crippen molar-refractivity contribution in [2.24, 2.45) is 0 Å². The minimum Gasteiger partial charge on any atom is -0.496 e. The number of ether oxygens (including phenoxy) is 1. The number of nitrogens with one attached hydrogen (secondary N) is 2. The molecule has 7 heteroatoms. The van der Waals surface area contributed by atoms with Crippen LogP contribution in [0.3, 0.4) is 0 Å². The van der Waals surface area contributed by atoms with Gasteiger partial charge in [0.1, 0.15) is 11.3 Å². The largest absolute Gasteiger partial charge is 0.496 e. The highest BCUT2D eigenvalue weighted by molar-refractivity contribution is 6.08. The molecule has 1 heterocycles. The number of methoxy groups -OCH3 is 1. The topological polar surface area (TPSA) is 87.7 Å². The Hall–Kier alpha value is -3.35. The summed E-state index contributed by atoms with van der Waals surface area (Å²) in [5.74, 6) is -0.409. The monoisotopic (exact) mass is 381 g/mol. The molecule has 0 spiro atoms. The molecule has 0 aliphatic carbocycles. The number of carbonyl (C=O) groups is 3. The van der Waals surface area contributed by atoms with Crippen LogP contribution in [0.4, 0.5) is 4.79 Å². The zero-order valence-electron chi connectivity index (χ0n) is 16.1. The third kappa shape index (κ3) is 3.43. The number of hydrogen-bond acceptors (Lipinski definition) is 4. The molecule has 0 aromatic heterocycles. The molecule has 1 fully saturated rings. The second-order valence-corrected chi connectivity index (χ2v) is 6.72. The minimum absolute atomic E-state index is 0.0215. The average molecular weight is 381 g/mol. The van der Waals surface area contributed by atoms with Gasteiger partial charge in [0.15, 0.2) is 0 Å². The molecule has 146 valence electrons. The van der Waals surface area contributed by atoms with E-state index in [1.807, 2.05) is 32.0 Å². The number of aryl methyl sites for hydroxylation is 1. The number of hydrazine groups is 1. The predicted molar refractivity (Wildman–Crippen MR) is 103 cm³/mol. The fraction of sp³-hybridized carbons (Fsp3) is 0.286. The zero-order chi connectivity index (χ0) is 20.3. The fourth-order valence-electron chi connectivity index (χ4n) is 3.42. The summed E-state index contributed by atoms with van der Waals surface area (Å²) in [7, 11) is 1.53. The van der Waals surface area contributed by atoms with Gasteiger partial charge in [-0.15, -0.1) is 0 Å². The molecule has 0 radical (unpaired) electrons. The molecule has 2 aromatic rings. The summed E-state index contributed by atoms with van der Waals surface area (Å²) in [6.07, 6.45) is 0.339. The van der Waals surface area contributed by atoms with Crippen molar-refractivity contribution < 1.29 is 19.1 Å². The SMILES string of the molecule is CC[C@]1(c2ccccc2)NC(=O)N(NC(=O)Cc2cc(C)ccc2OC)C1=O. The van der Waals surface area contributed by atoms with Crippen molar-refractivity contribution in [3.8, 4) is 5.75 Å². The van der Waals surface area contributed by atoms with Crippen molar-refractivity contribution >= 4 is 17.8 Å². The van der Waals surface area contributed by atoms with Crippen molar-refractivity contribution in [3.05, 3.63) is 65.2 Å². The first-order chi connectivity index (χ1) is 13.4. The summed E-state index contributed by atoms with van der Waals surface area (Å²) >= 11 is 0. The Morgan fingerprint density at radius 1 is 1.18 bits per heavy atom. The normalized spacial score (nSPS) is 18.8. The van der Waals surface area contributed by atoms with Crippen LogP contribution in [0.25, 0.3) is 0 Å². The van der Waals surface area contributed by atoms with E-state index in [-0.39, 0.29) is 6.42 Å². The summed E-state index contributed by atoms with van der Waals surface area (Å²) in [6.45, 7) is 3.72.